The highest BCUT2D eigenvalue weighted by molar-refractivity contribution is 8.04. The molecular formula is C17H16N3O4S-. The molecule has 0 aliphatic heterocycles. The second-order valence-electron chi connectivity index (χ2n) is 4.73. The first kappa shape index (κ1) is 18.4. The summed E-state index contributed by atoms with van der Waals surface area (Å²) in [6.45, 7) is 4.10. The van der Waals surface area contributed by atoms with Gasteiger partial charge in [-0.1, -0.05) is 12.0 Å². The lowest BCUT2D eigenvalue weighted by molar-refractivity contribution is -0.297. The molecule has 1 N–H and O–H groups in total. The van der Waals surface area contributed by atoms with E-state index in [1.54, 1.807) is 25.1 Å². The van der Waals surface area contributed by atoms with Crippen LogP contribution in [-0.2, 0) is 4.79 Å². The van der Waals surface area contributed by atoms with Crippen LogP contribution >= 0.6 is 11.8 Å². The van der Waals surface area contributed by atoms with Gasteiger partial charge in [-0.3, -0.25) is 5.10 Å². The van der Waals surface area contributed by atoms with Crippen molar-refractivity contribution in [1.29, 1.82) is 0 Å². The molecule has 0 fully saturated rings. The van der Waals surface area contributed by atoms with Crippen LogP contribution in [0, 0.1) is 19.3 Å². The molecule has 0 aliphatic carbocycles. The third kappa shape index (κ3) is 5.29. The van der Waals surface area contributed by atoms with Crippen LogP contribution in [-0.4, -0.2) is 34.4 Å². The number of nitrogens with zero attached hydrogens (tertiary/aromatic N) is 2. The van der Waals surface area contributed by atoms with Gasteiger partial charge in [-0.15, -0.1) is 11.5 Å². The van der Waals surface area contributed by atoms with E-state index in [9.17, 15) is 9.90 Å². The van der Waals surface area contributed by atoms with E-state index in [-0.39, 0.29) is 11.5 Å². The molecule has 0 unspecified atom stereocenters. The molecule has 0 saturated carbocycles. The number of rotatable bonds is 8. The van der Waals surface area contributed by atoms with Gasteiger partial charge in [0.05, 0.1) is 12.6 Å². The first-order valence-electron chi connectivity index (χ1n) is 7.36. The molecule has 8 heteroatoms. The van der Waals surface area contributed by atoms with Gasteiger partial charge < -0.3 is 19.4 Å². The second kappa shape index (κ2) is 8.80. The minimum absolute atomic E-state index is 0.0289. The summed E-state index contributed by atoms with van der Waals surface area (Å²) in [4.78, 5) is 15.4. The van der Waals surface area contributed by atoms with E-state index in [0.717, 1.165) is 11.8 Å². The number of carbonyl (C=O) groups excluding carboxylic acids is 1. The Labute approximate surface area is 149 Å². The molecule has 1 aromatic carbocycles. The van der Waals surface area contributed by atoms with E-state index in [1.807, 2.05) is 6.92 Å². The number of benzene rings is 1. The van der Waals surface area contributed by atoms with Crippen molar-refractivity contribution in [2.24, 2.45) is 0 Å². The van der Waals surface area contributed by atoms with E-state index >= 15 is 0 Å². The number of hydrogen-bond donors (Lipinski definition) is 1. The zero-order valence-corrected chi connectivity index (χ0v) is 14.6. The number of terminal acetylenes is 1. The van der Waals surface area contributed by atoms with Gasteiger partial charge in [-0.25, -0.2) is 4.98 Å². The predicted molar refractivity (Wildman–Crippen MR) is 91.9 cm³/mol. The first-order valence-corrected chi connectivity index (χ1v) is 8.18. The summed E-state index contributed by atoms with van der Waals surface area (Å²) in [7, 11) is 0. The number of carbonyl (C=O) groups is 1. The maximum Gasteiger partial charge on any atom is 0.213 e. The van der Waals surface area contributed by atoms with E-state index in [4.69, 9.17) is 15.9 Å². The van der Waals surface area contributed by atoms with Gasteiger partial charge in [-0.2, -0.15) is 0 Å². The SMILES string of the molecule is C#CCOc1ccc(/C=C(\Sc2n[nH]c(C)n2)C(=O)[O-])cc1OCC. The third-order valence-corrected chi connectivity index (χ3v) is 3.73. The lowest BCUT2D eigenvalue weighted by Gasteiger charge is -2.12. The Hall–Kier alpha value is -2.92. The monoisotopic (exact) mass is 358 g/mol. The number of nitrogens with one attached hydrogen (secondary N) is 1. The number of carboxylic acid groups (broad SMARTS) is 1. The summed E-state index contributed by atoms with van der Waals surface area (Å²) in [5, 5.41) is 18.2. The van der Waals surface area contributed by atoms with Crippen LogP contribution in [0.5, 0.6) is 11.5 Å². The number of aromatic nitrogens is 3. The molecule has 0 bridgehead atoms. The highest BCUT2D eigenvalue weighted by Gasteiger charge is 2.10. The number of H-pyrrole nitrogens is 1. The van der Waals surface area contributed by atoms with Crippen molar-refractivity contribution in [3.63, 3.8) is 0 Å². The minimum atomic E-state index is -1.32. The molecule has 130 valence electrons. The zero-order chi connectivity index (χ0) is 18.2. The standard InChI is InChI=1S/C17H17N3O4S/c1-4-8-24-13-7-6-12(9-14(13)23-5-2)10-15(16(21)22)25-17-18-11(3)19-20-17/h1,6-7,9-10H,5,8H2,2-3H3,(H,21,22)(H,18,19,20)/p-1/b15-10-. The molecule has 0 saturated heterocycles. The van der Waals surface area contributed by atoms with Gasteiger partial charge >= 0.3 is 0 Å². The van der Waals surface area contributed by atoms with E-state index in [0.29, 0.717) is 34.7 Å². The number of thioether (sulfide) groups is 1. The van der Waals surface area contributed by atoms with E-state index in [2.05, 4.69) is 21.1 Å². The predicted octanol–water partition coefficient (Wildman–Crippen LogP) is 1.41. The van der Waals surface area contributed by atoms with Crippen molar-refractivity contribution in [1.82, 2.24) is 15.2 Å². The van der Waals surface area contributed by atoms with Gasteiger partial charge in [0.1, 0.15) is 12.4 Å². The Bertz CT molecular complexity index is 824. The molecule has 0 spiro atoms. The number of aliphatic carboxylic acids is 1. The molecule has 0 aliphatic rings. The van der Waals surface area contributed by atoms with Crippen LogP contribution in [0.2, 0.25) is 0 Å². The third-order valence-electron chi connectivity index (χ3n) is 2.86. The molecule has 2 aromatic rings. The zero-order valence-electron chi connectivity index (χ0n) is 13.7. The number of aromatic amines is 1. The Morgan fingerprint density at radius 2 is 2.24 bits per heavy atom. The summed E-state index contributed by atoms with van der Waals surface area (Å²) in [5.41, 5.74) is 0.607. The summed E-state index contributed by atoms with van der Waals surface area (Å²) >= 11 is 0.897. The van der Waals surface area contributed by atoms with Crippen molar-refractivity contribution in [2.45, 2.75) is 19.0 Å². The van der Waals surface area contributed by atoms with Crippen molar-refractivity contribution in [3.05, 3.63) is 34.5 Å². The maximum absolute atomic E-state index is 11.4. The van der Waals surface area contributed by atoms with Crippen LogP contribution in [0.4, 0.5) is 0 Å². The molecule has 1 aromatic heterocycles. The van der Waals surface area contributed by atoms with E-state index < -0.39 is 5.97 Å². The van der Waals surface area contributed by atoms with Crippen molar-refractivity contribution in [3.8, 4) is 23.8 Å². The number of ether oxygens (including phenoxy) is 2. The molecular weight excluding hydrogens is 342 g/mol. The molecule has 7 nitrogen and oxygen atoms in total. The van der Waals surface area contributed by atoms with Gasteiger partial charge in [-0.05, 0) is 49.4 Å². The first-order chi connectivity index (χ1) is 12.0. The molecule has 1 heterocycles. The highest BCUT2D eigenvalue weighted by atomic mass is 32.2. The summed E-state index contributed by atoms with van der Waals surface area (Å²) in [5.74, 6) is 2.62. The van der Waals surface area contributed by atoms with Crippen LogP contribution in [0.1, 0.15) is 18.3 Å². The average molecular weight is 358 g/mol. The molecule has 25 heavy (non-hydrogen) atoms. The Kier molecular flexibility index (Phi) is 6.48. The smallest absolute Gasteiger partial charge is 0.213 e. The highest BCUT2D eigenvalue weighted by Crippen LogP contribution is 2.31. The quantitative estimate of drug-likeness (QED) is 0.432. The van der Waals surface area contributed by atoms with E-state index in [1.165, 1.54) is 6.08 Å². The number of carboxylic acids is 1. The normalized spacial score (nSPS) is 11.0. The van der Waals surface area contributed by atoms with Crippen LogP contribution < -0.4 is 14.6 Å². The van der Waals surface area contributed by atoms with Crippen LogP contribution in [0.15, 0.2) is 28.3 Å². The fourth-order valence-corrected chi connectivity index (χ4v) is 2.62. The second-order valence-corrected chi connectivity index (χ2v) is 5.74. The molecule has 0 atom stereocenters. The topological polar surface area (TPSA) is 100 Å². The molecule has 2 rings (SSSR count). The van der Waals surface area contributed by atoms with Crippen molar-refractivity contribution < 1.29 is 19.4 Å². The summed E-state index contributed by atoms with van der Waals surface area (Å²) < 4.78 is 10.9. The fourth-order valence-electron chi connectivity index (χ4n) is 1.87. The van der Waals surface area contributed by atoms with Crippen molar-refractivity contribution >= 4 is 23.8 Å². The minimum Gasteiger partial charge on any atom is -0.544 e. The summed E-state index contributed by atoms with van der Waals surface area (Å²) in [6, 6.07) is 5.03. The largest absolute Gasteiger partial charge is 0.544 e. The fraction of sp³-hybridized carbons (Fsp3) is 0.235. The Balaban J connectivity index is 2.30. The molecule has 0 radical (unpaired) electrons. The van der Waals surface area contributed by atoms with Gasteiger partial charge in [0.15, 0.2) is 11.5 Å². The average Bonchev–Trinajstić information content (AvgIpc) is 2.99. The lowest BCUT2D eigenvalue weighted by Crippen LogP contribution is -2.23. The Morgan fingerprint density at radius 3 is 2.84 bits per heavy atom. The van der Waals surface area contributed by atoms with Gasteiger partial charge in [0.2, 0.25) is 5.16 Å². The van der Waals surface area contributed by atoms with Gasteiger partial charge in [0.25, 0.3) is 0 Å². The van der Waals surface area contributed by atoms with Gasteiger partial charge in [0, 0.05) is 4.91 Å². The molecule has 0 amide bonds. The van der Waals surface area contributed by atoms with Crippen LogP contribution in [0.3, 0.4) is 0 Å². The number of aryl methyl sites for hydroxylation is 1. The lowest BCUT2D eigenvalue weighted by atomic mass is 10.2. The Morgan fingerprint density at radius 1 is 1.44 bits per heavy atom. The maximum atomic E-state index is 11.4. The van der Waals surface area contributed by atoms with Crippen molar-refractivity contribution in [2.75, 3.05) is 13.2 Å². The number of hydrogen-bond acceptors (Lipinski definition) is 7. The summed E-state index contributed by atoms with van der Waals surface area (Å²) in [6.07, 6.45) is 6.65. The van der Waals surface area contributed by atoms with Crippen LogP contribution in [0.25, 0.3) is 6.08 Å².